The number of benzene rings is 1. The average Bonchev–Trinajstić information content (AvgIpc) is 2.75. The number of nitrogens with two attached hydrogens (primary N) is 1. The van der Waals surface area contributed by atoms with E-state index in [1.54, 1.807) is 4.68 Å². The number of hydrogen-bond donors (Lipinski definition) is 1. The second-order valence-electron chi connectivity index (χ2n) is 4.81. The highest BCUT2D eigenvalue weighted by Gasteiger charge is 2.19. The molecule has 0 atom stereocenters. The summed E-state index contributed by atoms with van der Waals surface area (Å²) < 4.78 is 7.18. The maximum absolute atomic E-state index is 11.4. The molecule has 0 amide bonds. The quantitative estimate of drug-likeness (QED) is 0.654. The van der Waals surface area contributed by atoms with Crippen molar-refractivity contribution < 1.29 is 9.53 Å². The van der Waals surface area contributed by atoms with Crippen molar-refractivity contribution >= 4 is 12.1 Å². The monoisotopic (exact) mass is 285 g/mol. The Bertz CT molecular complexity index is 674. The first-order chi connectivity index (χ1) is 10.1. The van der Waals surface area contributed by atoms with E-state index in [0.29, 0.717) is 36.0 Å². The summed E-state index contributed by atoms with van der Waals surface area (Å²) in [6, 6.07) is 7.47. The van der Waals surface area contributed by atoms with Gasteiger partial charge >= 0.3 is 0 Å². The second kappa shape index (κ2) is 6.26. The minimum Gasteiger partial charge on any atom is -0.493 e. The Balaban J connectivity index is 2.58. The Morgan fingerprint density at radius 1 is 1.48 bits per heavy atom. The number of para-hydroxylation sites is 1. The summed E-state index contributed by atoms with van der Waals surface area (Å²) in [5, 5.41) is 4.45. The van der Waals surface area contributed by atoms with Crippen LogP contribution in [-0.4, -0.2) is 22.7 Å². The predicted molar refractivity (Wildman–Crippen MR) is 83.4 cm³/mol. The van der Waals surface area contributed by atoms with Crippen LogP contribution < -0.4 is 10.5 Å². The first kappa shape index (κ1) is 14.8. The van der Waals surface area contributed by atoms with Gasteiger partial charge in [-0.25, -0.2) is 4.68 Å². The number of carbonyl (C=O) groups excluding carboxylic acids is 1. The van der Waals surface area contributed by atoms with Crippen molar-refractivity contribution in [3.63, 3.8) is 0 Å². The van der Waals surface area contributed by atoms with Gasteiger partial charge in [-0.3, -0.25) is 4.79 Å². The van der Waals surface area contributed by atoms with Crippen LogP contribution in [0.4, 0.5) is 5.82 Å². The smallest absolute Gasteiger partial charge is 0.156 e. The number of allylic oxidation sites excluding steroid dienone is 1. The number of aromatic nitrogens is 2. The van der Waals surface area contributed by atoms with E-state index in [9.17, 15) is 4.79 Å². The third kappa shape index (κ3) is 2.97. The van der Waals surface area contributed by atoms with E-state index >= 15 is 0 Å². The summed E-state index contributed by atoms with van der Waals surface area (Å²) in [4.78, 5) is 11.4. The lowest BCUT2D eigenvalue weighted by Crippen LogP contribution is -2.05. The van der Waals surface area contributed by atoms with Gasteiger partial charge in [0, 0.05) is 5.56 Å². The summed E-state index contributed by atoms with van der Waals surface area (Å²) in [5.74, 6) is 1.03. The third-order valence-electron chi connectivity index (χ3n) is 3.01. The molecule has 0 aliphatic carbocycles. The van der Waals surface area contributed by atoms with E-state index in [1.165, 1.54) is 0 Å². The van der Waals surface area contributed by atoms with E-state index in [2.05, 4.69) is 11.7 Å². The zero-order chi connectivity index (χ0) is 15.4. The maximum Gasteiger partial charge on any atom is 0.156 e. The van der Waals surface area contributed by atoms with Gasteiger partial charge in [-0.2, -0.15) is 5.10 Å². The van der Waals surface area contributed by atoms with Crippen LogP contribution >= 0.6 is 0 Å². The van der Waals surface area contributed by atoms with Gasteiger partial charge in [0.25, 0.3) is 0 Å². The fraction of sp³-hybridized carbons (Fsp3) is 0.250. The van der Waals surface area contributed by atoms with Crippen molar-refractivity contribution in [2.45, 2.75) is 20.4 Å². The highest BCUT2D eigenvalue weighted by molar-refractivity contribution is 5.92. The molecule has 0 aliphatic rings. The van der Waals surface area contributed by atoms with Crippen LogP contribution in [0.1, 0.15) is 24.2 Å². The van der Waals surface area contributed by atoms with Gasteiger partial charge in [0.1, 0.15) is 17.3 Å². The highest BCUT2D eigenvalue weighted by atomic mass is 16.5. The molecule has 2 N–H and O–H groups in total. The molecule has 0 bridgehead atoms. The summed E-state index contributed by atoms with van der Waals surface area (Å²) in [6.45, 7) is 8.65. The molecule has 110 valence electrons. The van der Waals surface area contributed by atoms with Gasteiger partial charge in [0.2, 0.25) is 0 Å². The molecule has 0 radical (unpaired) electrons. The molecule has 5 nitrogen and oxygen atoms in total. The van der Waals surface area contributed by atoms with Crippen molar-refractivity contribution in [1.82, 2.24) is 9.78 Å². The van der Waals surface area contributed by atoms with E-state index in [1.807, 2.05) is 38.1 Å². The molecule has 1 aromatic heterocycles. The molecular weight excluding hydrogens is 266 g/mol. The van der Waals surface area contributed by atoms with Gasteiger partial charge in [-0.05, 0) is 26.0 Å². The number of nitrogen functional groups attached to an aromatic ring is 1. The van der Waals surface area contributed by atoms with Crippen molar-refractivity contribution in [3.05, 3.63) is 42.0 Å². The third-order valence-corrected chi connectivity index (χ3v) is 3.01. The van der Waals surface area contributed by atoms with Crippen LogP contribution in [0.25, 0.3) is 11.3 Å². The summed E-state index contributed by atoms with van der Waals surface area (Å²) in [7, 11) is 0. The molecule has 2 aromatic rings. The molecule has 2 rings (SSSR count). The minimum atomic E-state index is 0.342. The number of rotatable bonds is 6. The fourth-order valence-electron chi connectivity index (χ4n) is 2.12. The average molecular weight is 285 g/mol. The SMILES string of the molecule is C=C(C)Cn1nc(-c2ccccc2OCC)c(C=O)c1N. The molecule has 0 saturated heterocycles. The molecule has 0 fully saturated rings. The highest BCUT2D eigenvalue weighted by Crippen LogP contribution is 2.33. The standard InChI is InChI=1S/C16H19N3O2/c1-4-21-14-8-6-5-7-12(14)15-13(10-20)16(17)19(18-15)9-11(2)3/h5-8,10H,2,4,9,17H2,1,3H3. The van der Waals surface area contributed by atoms with Crippen molar-refractivity contribution in [2.24, 2.45) is 0 Å². The van der Waals surface area contributed by atoms with Gasteiger partial charge in [-0.15, -0.1) is 0 Å². The Hall–Kier alpha value is -2.56. The topological polar surface area (TPSA) is 70.1 Å². The minimum absolute atomic E-state index is 0.342. The number of hydrogen-bond acceptors (Lipinski definition) is 4. The first-order valence-corrected chi connectivity index (χ1v) is 6.76. The summed E-state index contributed by atoms with van der Waals surface area (Å²) >= 11 is 0. The van der Waals surface area contributed by atoms with Crippen molar-refractivity contribution in [1.29, 1.82) is 0 Å². The molecule has 1 aromatic carbocycles. The number of anilines is 1. The Labute approximate surface area is 124 Å². The van der Waals surface area contributed by atoms with Crippen LogP contribution in [-0.2, 0) is 6.54 Å². The van der Waals surface area contributed by atoms with Gasteiger partial charge in [-0.1, -0.05) is 24.3 Å². The van der Waals surface area contributed by atoms with Gasteiger partial charge < -0.3 is 10.5 Å². The van der Waals surface area contributed by atoms with Crippen LogP contribution in [0.15, 0.2) is 36.4 Å². The molecule has 21 heavy (non-hydrogen) atoms. The Morgan fingerprint density at radius 2 is 2.19 bits per heavy atom. The van der Waals surface area contributed by atoms with Crippen LogP contribution in [0.5, 0.6) is 5.75 Å². The van der Waals surface area contributed by atoms with E-state index < -0.39 is 0 Å². The normalized spacial score (nSPS) is 10.4. The first-order valence-electron chi connectivity index (χ1n) is 6.76. The maximum atomic E-state index is 11.4. The largest absolute Gasteiger partial charge is 0.493 e. The molecular formula is C16H19N3O2. The lowest BCUT2D eigenvalue weighted by Gasteiger charge is -2.08. The lowest BCUT2D eigenvalue weighted by atomic mass is 10.1. The Kier molecular flexibility index (Phi) is 4.42. The van der Waals surface area contributed by atoms with Gasteiger partial charge in [0.15, 0.2) is 6.29 Å². The van der Waals surface area contributed by atoms with Crippen molar-refractivity contribution in [2.75, 3.05) is 12.3 Å². The fourth-order valence-corrected chi connectivity index (χ4v) is 2.12. The van der Waals surface area contributed by atoms with Gasteiger partial charge in [0.05, 0.1) is 18.7 Å². The summed E-state index contributed by atoms with van der Waals surface area (Å²) in [6.07, 6.45) is 0.731. The predicted octanol–water partition coefficient (Wildman–Crippen LogP) is 2.92. The lowest BCUT2D eigenvalue weighted by molar-refractivity contribution is 0.112. The molecule has 0 spiro atoms. The molecule has 0 unspecified atom stereocenters. The van der Waals surface area contributed by atoms with Crippen LogP contribution in [0.3, 0.4) is 0 Å². The van der Waals surface area contributed by atoms with Crippen molar-refractivity contribution in [3.8, 4) is 17.0 Å². The Morgan fingerprint density at radius 3 is 2.81 bits per heavy atom. The molecule has 0 saturated carbocycles. The second-order valence-corrected chi connectivity index (χ2v) is 4.81. The zero-order valence-electron chi connectivity index (χ0n) is 12.3. The molecule has 0 aliphatic heterocycles. The number of nitrogens with zero attached hydrogens (tertiary/aromatic N) is 2. The number of ether oxygens (including phenoxy) is 1. The van der Waals surface area contributed by atoms with E-state index in [0.717, 1.165) is 17.4 Å². The molecule has 1 heterocycles. The number of aldehydes is 1. The van der Waals surface area contributed by atoms with Crippen LogP contribution in [0, 0.1) is 0 Å². The zero-order valence-corrected chi connectivity index (χ0v) is 12.3. The van der Waals surface area contributed by atoms with Crippen LogP contribution in [0.2, 0.25) is 0 Å². The summed E-state index contributed by atoms with van der Waals surface area (Å²) in [5.41, 5.74) is 8.59. The molecule has 5 heteroatoms. The van der Waals surface area contributed by atoms with E-state index in [-0.39, 0.29) is 0 Å². The number of carbonyl (C=O) groups is 1. The van der Waals surface area contributed by atoms with E-state index in [4.69, 9.17) is 10.5 Å².